The van der Waals surface area contributed by atoms with Crippen molar-refractivity contribution < 1.29 is 4.79 Å². The van der Waals surface area contributed by atoms with Crippen LogP contribution >= 0.6 is 0 Å². The molecule has 0 saturated heterocycles. The summed E-state index contributed by atoms with van der Waals surface area (Å²) in [6.45, 7) is 6.04. The van der Waals surface area contributed by atoms with Gasteiger partial charge in [0.2, 0.25) is 0 Å². The Balaban J connectivity index is 2.44. The second-order valence-electron chi connectivity index (χ2n) is 5.28. The van der Waals surface area contributed by atoms with E-state index in [2.05, 4.69) is 6.07 Å². The lowest BCUT2D eigenvalue weighted by atomic mass is 9.88. The molecular formula is C19H19NO. The van der Waals surface area contributed by atoms with Gasteiger partial charge in [0.1, 0.15) is 5.92 Å². The van der Waals surface area contributed by atoms with Crippen LogP contribution in [0, 0.1) is 25.2 Å². The van der Waals surface area contributed by atoms with Gasteiger partial charge in [-0.15, -0.1) is 0 Å². The lowest BCUT2D eigenvalue weighted by molar-refractivity contribution is 0.0978. The van der Waals surface area contributed by atoms with E-state index in [1.54, 1.807) is 0 Å². The largest absolute Gasteiger partial charge is 0.292 e. The van der Waals surface area contributed by atoms with Crippen LogP contribution < -0.4 is 0 Å². The third-order valence-electron chi connectivity index (χ3n) is 3.92. The molecule has 106 valence electrons. The zero-order chi connectivity index (χ0) is 15.4. The van der Waals surface area contributed by atoms with Crippen molar-refractivity contribution in [3.63, 3.8) is 0 Å². The Kier molecular flexibility index (Phi) is 4.55. The first-order chi connectivity index (χ1) is 10.1. The van der Waals surface area contributed by atoms with E-state index in [1.165, 1.54) is 0 Å². The van der Waals surface area contributed by atoms with Gasteiger partial charge >= 0.3 is 0 Å². The molecule has 1 atom stereocenters. The van der Waals surface area contributed by atoms with E-state index in [1.807, 2.05) is 63.2 Å². The van der Waals surface area contributed by atoms with Gasteiger partial charge in [0.25, 0.3) is 0 Å². The number of nitriles is 1. The van der Waals surface area contributed by atoms with Gasteiger partial charge in [-0.25, -0.2) is 0 Å². The number of hydrogen-bond acceptors (Lipinski definition) is 2. The van der Waals surface area contributed by atoms with Gasteiger partial charge < -0.3 is 0 Å². The summed E-state index contributed by atoms with van der Waals surface area (Å²) in [6, 6.07) is 15.5. The van der Waals surface area contributed by atoms with Crippen molar-refractivity contribution in [3.8, 4) is 6.07 Å². The maximum absolute atomic E-state index is 12.7. The number of ketones is 1. The zero-order valence-corrected chi connectivity index (χ0v) is 12.7. The quantitative estimate of drug-likeness (QED) is 0.779. The number of rotatable bonds is 4. The number of benzene rings is 2. The Bertz CT molecular complexity index is 710. The average molecular weight is 277 g/mol. The van der Waals surface area contributed by atoms with Gasteiger partial charge in [-0.2, -0.15) is 5.26 Å². The molecule has 0 aliphatic heterocycles. The number of Topliss-reactive ketones (excluding diaryl/α,β-unsaturated/α-hetero) is 1. The summed E-state index contributed by atoms with van der Waals surface area (Å²) in [5, 5.41) is 9.46. The second kappa shape index (κ2) is 6.37. The zero-order valence-electron chi connectivity index (χ0n) is 12.7. The molecule has 2 nitrogen and oxygen atoms in total. The Labute approximate surface area is 126 Å². The van der Waals surface area contributed by atoms with Crippen molar-refractivity contribution in [3.05, 3.63) is 70.3 Å². The average Bonchev–Trinajstić information content (AvgIpc) is 2.51. The van der Waals surface area contributed by atoms with Gasteiger partial charge in [0, 0.05) is 5.56 Å². The molecule has 2 aromatic rings. The molecule has 2 rings (SSSR count). The molecule has 0 fully saturated rings. The number of carbonyl (C=O) groups excluding carboxylic acids is 1. The summed E-state index contributed by atoms with van der Waals surface area (Å²) in [7, 11) is 0. The third kappa shape index (κ3) is 3.03. The number of aryl methyl sites for hydroxylation is 3. The Hall–Kier alpha value is -2.40. The molecule has 0 bridgehead atoms. The molecule has 0 N–H and O–H groups in total. The van der Waals surface area contributed by atoms with Crippen LogP contribution in [-0.2, 0) is 6.42 Å². The Morgan fingerprint density at radius 2 is 1.86 bits per heavy atom. The summed E-state index contributed by atoms with van der Waals surface area (Å²) in [6.07, 6.45) is 0.785. The van der Waals surface area contributed by atoms with Crippen LogP contribution in [0.1, 0.15) is 45.5 Å². The van der Waals surface area contributed by atoms with Crippen molar-refractivity contribution in [2.45, 2.75) is 33.1 Å². The smallest absolute Gasteiger partial charge is 0.184 e. The standard InChI is InChI=1S/C19H19NO/c1-4-15-7-5-6-8-17(15)19(21)18(12-20)16-10-9-13(2)14(3)11-16/h5-11,18H,4H2,1-3H3. The fourth-order valence-corrected chi connectivity index (χ4v) is 2.45. The summed E-state index contributed by atoms with van der Waals surface area (Å²) in [5.74, 6) is -0.852. The van der Waals surface area contributed by atoms with Crippen LogP contribution in [0.4, 0.5) is 0 Å². The minimum Gasteiger partial charge on any atom is -0.292 e. The van der Waals surface area contributed by atoms with Gasteiger partial charge in [-0.3, -0.25) is 4.79 Å². The Morgan fingerprint density at radius 3 is 2.48 bits per heavy atom. The lowest BCUT2D eigenvalue weighted by Gasteiger charge is -2.13. The molecule has 21 heavy (non-hydrogen) atoms. The van der Waals surface area contributed by atoms with E-state index in [0.717, 1.165) is 28.7 Å². The fourth-order valence-electron chi connectivity index (χ4n) is 2.45. The van der Waals surface area contributed by atoms with E-state index in [4.69, 9.17) is 0 Å². The maximum atomic E-state index is 12.7. The molecule has 0 radical (unpaired) electrons. The first kappa shape index (κ1) is 15.0. The fraction of sp³-hybridized carbons (Fsp3) is 0.263. The topological polar surface area (TPSA) is 40.9 Å². The molecule has 0 aliphatic carbocycles. The molecule has 2 aromatic carbocycles. The van der Waals surface area contributed by atoms with E-state index in [0.29, 0.717) is 5.56 Å². The van der Waals surface area contributed by atoms with Gasteiger partial charge in [0.05, 0.1) is 6.07 Å². The van der Waals surface area contributed by atoms with Crippen molar-refractivity contribution in [1.29, 1.82) is 5.26 Å². The second-order valence-corrected chi connectivity index (χ2v) is 5.28. The highest BCUT2D eigenvalue weighted by Gasteiger charge is 2.23. The normalized spacial score (nSPS) is 11.7. The number of hydrogen-bond donors (Lipinski definition) is 0. The first-order valence-corrected chi connectivity index (χ1v) is 7.17. The summed E-state index contributed by atoms with van der Waals surface area (Å²) >= 11 is 0. The number of carbonyl (C=O) groups is 1. The predicted octanol–water partition coefficient (Wildman–Crippen LogP) is 4.36. The molecule has 0 spiro atoms. The van der Waals surface area contributed by atoms with E-state index < -0.39 is 5.92 Å². The van der Waals surface area contributed by atoms with Crippen LogP contribution in [0.15, 0.2) is 42.5 Å². The molecule has 0 amide bonds. The van der Waals surface area contributed by atoms with Crippen molar-refractivity contribution in [2.75, 3.05) is 0 Å². The van der Waals surface area contributed by atoms with Crippen LogP contribution in [-0.4, -0.2) is 5.78 Å². The molecule has 1 unspecified atom stereocenters. The predicted molar refractivity (Wildman–Crippen MR) is 84.4 cm³/mol. The molecule has 0 heterocycles. The summed E-state index contributed by atoms with van der Waals surface area (Å²) in [4.78, 5) is 12.7. The van der Waals surface area contributed by atoms with Gasteiger partial charge in [-0.1, -0.05) is 49.4 Å². The van der Waals surface area contributed by atoms with Gasteiger partial charge in [0.15, 0.2) is 5.78 Å². The third-order valence-corrected chi connectivity index (χ3v) is 3.92. The van der Waals surface area contributed by atoms with Crippen molar-refractivity contribution >= 4 is 5.78 Å². The van der Waals surface area contributed by atoms with Crippen LogP contribution in [0.5, 0.6) is 0 Å². The molecule has 2 heteroatoms. The van der Waals surface area contributed by atoms with Crippen LogP contribution in [0.2, 0.25) is 0 Å². The summed E-state index contributed by atoms with van der Waals surface area (Å²) in [5.41, 5.74) is 4.69. The molecular weight excluding hydrogens is 258 g/mol. The van der Waals surface area contributed by atoms with Crippen molar-refractivity contribution in [2.24, 2.45) is 0 Å². The minimum absolute atomic E-state index is 0.113. The van der Waals surface area contributed by atoms with Crippen LogP contribution in [0.3, 0.4) is 0 Å². The Morgan fingerprint density at radius 1 is 1.14 bits per heavy atom. The maximum Gasteiger partial charge on any atom is 0.184 e. The first-order valence-electron chi connectivity index (χ1n) is 7.17. The monoisotopic (exact) mass is 277 g/mol. The van der Waals surface area contributed by atoms with Crippen LogP contribution in [0.25, 0.3) is 0 Å². The summed E-state index contributed by atoms with van der Waals surface area (Å²) < 4.78 is 0. The van der Waals surface area contributed by atoms with E-state index in [-0.39, 0.29) is 5.78 Å². The van der Waals surface area contributed by atoms with E-state index in [9.17, 15) is 10.1 Å². The molecule has 0 saturated carbocycles. The minimum atomic E-state index is -0.739. The highest BCUT2D eigenvalue weighted by molar-refractivity contribution is 6.03. The lowest BCUT2D eigenvalue weighted by Crippen LogP contribution is -2.13. The molecule has 0 aromatic heterocycles. The highest BCUT2D eigenvalue weighted by atomic mass is 16.1. The van der Waals surface area contributed by atoms with E-state index >= 15 is 0 Å². The SMILES string of the molecule is CCc1ccccc1C(=O)C(C#N)c1ccc(C)c(C)c1. The van der Waals surface area contributed by atoms with Gasteiger partial charge in [-0.05, 0) is 42.5 Å². The highest BCUT2D eigenvalue weighted by Crippen LogP contribution is 2.24. The molecule has 0 aliphatic rings. The number of nitrogens with zero attached hydrogens (tertiary/aromatic N) is 1. The van der Waals surface area contributed by atoms with Crippen molar-refractivity contribution in [1.82, 2.24) is 0 Å².